The Balaban J connectivity index is 1.98. The molecule has 0 saturated carbocycles. The maximum atomic E-state index is 10.4. The smallest absolute Gasteiger partial charge is 0.407 e. The number of hydrogen-bond donors (Lipinski definition) is 2. The molecule has 1 aliphatic heterocycles. The molecule has 0 atom stereocenters. The van der Waals surface area contributed by atoms with Crippen molar-refractivity contribution >= 4 is 6.09 Å². The van der Waals surface area contributed by atoms with Gasteiger partial charge in [0.15, 0.2) is 0 Å². The van der Waals surface area contributed by atoms with Gasteiger partial charge >= 0.3 is 6.09 Å². The Morgan fingerprint density at radius 1 is 1.67 bits per heavy atom. The van der Waals surface area contributed by atoms with Crippen LogP contribution in [-0.4, -0.2) is 42.3 Å². The summed E-state index contributed by atoms with van der Waals surface area (Å²) < 4.78 is 0. The maximum Gasteiger partial charge on any atom is 0.407 e. The molecule has 1 fully saturated rings. The predicted molar refractivity (Wildman–Crippen MR) is 46.2 cm³/mol. The number of likely N-dealkylation sites (tertiary alicyclic amines) is 1. The van der Waals surface area contributed by atoms with Gasteiger partial charge in [-0.15, -0.1) is 0 Å². The molecule has 12 heavy (non-hydrogen) atoms. The monoisotopic (exact) mass is 172 g/mol. The average Bonchev–Trinajstić information content (AvgIpc) is 1.93. The van der Waals surface area contributed by atoms with Crippen molar-refractivity contribution in [1.82, 2.24) is 10.2 Å². The van der Waals surface area contributed by atoms with E-state index in [0.717, 1.165) is 32.6 Å². The highest BCUT2D eigenvalue weighted by molar-refractivity contribution is 5.65. The molecule has 1 heterocycles. The first-order valence-electron chi connectivity index (χ1n) is 4.42. The molecule has 2 N–H and O–H groups in total. The van der Waals surface area contributed by atoms with Gasteiger partial charge in [-0.3, -0.25) is 0 Å². The predicted octanol–water partition coefficient (Wildman–Crippen LogP) is 0.596. The molecule has 0 aromatic carbocycles. The highest BCUT2D eigenvalue weighted by Crippen LogP contribution is 2.17. The summed E-state index contributed by atoms with van der Waals surface area (Å²) in [5.74, 6) is 0.583. The SMILES string of the molecule is CCNCCC1CN(C(=O)O)C1. The van der Waals surface area contributed by atoms with Gasteiger partial charge in [0.1, 0.15) is 0 Å². The average molecular weight is 172 g/mol. The summed E-state index contributed by atoms with van der Waals surface area (Å²) in [5.41, 5.74) is 0. The van der Waals surface area contributed by atoms with Gasteiger partial charge in [-0.2, -0.15) is 0 Å². The van der Waals surface area contributed by atoms with Crippen molar-refractivity contribution in [2.24, 2.45) is 5.92 Å². The van der Waals surface area contributed by atoms with E-state index in [-0.39, 0.29) is 0 Å². The Morgan fingerprint density at radius 2 is 2.33 bits per heavy atom. The van der Waals surface area contributed by atoms with E-state index < -0.39 is 6.09 Å². The van der Waals surface area contributed by atoms with E-state index in [9.17, 15) is 4.79 Å². The highest BCUT2D eigenvalue weighted by Gasteiger charge is 2.29. The Bertz CT molecular complexity index is 155. The van der Waals surface area contributed by atoms with Gasteiger partial charge in [0.25, 0.3) is 0 Å². The fourth-order valence-corrected chi connectivity index (χ4v) is 1.39. The molecule has 0 aliphatic carbocycles. The van der Waals surface area contributed by atoms with E-state index in [1.165, 1.54) is 4.90 Å². The van der Waals surface area contributed by atoms with Crippen molar-refractivity contribution in [1.29, 1.82) is 0 Å². The lowest BCUT2D eigenvalue weighted by Crippen LogP contribution is -2.50. The molecule has 1 amide bonds. The lowest BCUT2D eigenvalue weighted by Gasteiger charge is -2.37. The minimum atomic E-state index is -0.783. The Morgan fingerprint density at radius 3 is 2.83 bits per heavy atom. The zero-order chi connectivity index (χ0) is 8.97. The topological polar surface area (TPSA) is 52.6 Å². The molecular weight excluding hydrogens is 156 g/mol. The van der Waals surface area contributed by atoms with E-state index in [1.54, 1.807) is 0 Å². The molecule has 4 nitrogen and oxygen atoms in total. The molecule has 1 saturated heterocycles. The van der Waals surface area contributed by atoms with E-state index in [0.29, 0.717) is 5.92 Å². The van der Waals surface area contributed by atoms with Gasteiger partial charge in [-0.1, -0.05) is 6.92 Å². The summed E-state index contributed by atoms with van der Waals surface area (Å²) in [4.78, 5) is 11.8. The van der Waals surface area contributed by atoms with Crippen LogP contribution in [-0.2, 0) is 0 Å². The second kappa shape index (κ2) is 4.30. The number of carbonyl (C=O) groups is 1. The van der Waals surface area contributed by atoms with Gasteiger partial charge < -0.3 is 15.3 Å². The first-order chi connectivity index (χ1) is 5.74. The van der Waals surface area contributed by atoms with Crippen LogP contribution < -0.4 is 5.32 Å². The van der Waals surface area contributed by atoms with Crippen LogP contribution in [0.2, 0.25) is 0 Å². The zero-order valence-electron chi connectivity index (χ0n) is 7.42. The highest BCUT2D eigenvalue weighted by atomic mass is 16.4. The molecule has 1 aliphatic rings. The molecule has 0 unspecified atom stereocenters. The summed E-state index contributed by atoms with van der Waals surface area (Å²) in [6, 6.07) is 0. The van der Waals surface area contributed by atoms with Crippen molar-refractivity contribution in [3.8, 4) is 0 Å². The molecule has 0 aromatic heterocycles. The van der Waals surface area contributed by atoms with Crippen LogP contribution in [0.4, 0.5) is 4.79 Å². The van der Waals surface area contributed by atoms with E-state index in [1.807, 2.05) is 0 Å². The summed E-state index contributed by atoms with van der Waals surface area (Å²) in [6.45, 7) is 5.52. The van der Waals surface area contributed by atoms with E-state index in [4.69, 9.17) is 5.11 Å². The van der Waals surface area contributed by atoms with Crippen LogP contribution in [0.3, 0.4) is 0 Å². The van der Waals surface area contributed by atoms with Gasteiger partial charge in [0.05, 0.1) is 0 Å². The zero-order valence-corrected chi connectivity index (χ0v) is 7.42. The number of rotatable bonds is 4. The normalized spacial score (nSPS) is 17.6. The largest absolute Gasteiger partial charge is 0.465 e. The number of nitrogens with zero attached hydrogens (tertiary/aromatic N) is 1. The maximum absolute atomic E-state index is 10.4. The standard InChI is InChI=1S/C8H16N2O2/c1-2-9-4-3-7-5-10(6-7)8(11)12/h7,9H,2-6H2,1H3,(H,11,12). The van der Waals surface area contributed by atoms with Crippen molar-refractivity contribution < 1.29 is 9.90 Å². The summed E-state index contributed by atoms with van der Waals surface area (Å²) in [7, 11) is 0. The summed E-state index contributed by atoms with van der Waals surface area (Å²) >= 11 is 0. The Kier molecular flexibility index (Phi) is 3.34. The van der Waals surface area contributed by atoms with E-state index in [2.05, 4.69) is 12.2 Å². The number of nitrogens with one attached hydrogen (secondary N) is 1. The Labute approximate surface area is 72.6 Å². The number of amides is 1. The summed E-state index contributed by atoms with van der Waals surface area (Å²) in [6.07, 6.45) is 0.312. The number of hydrogen-bond acceptors (Lipinski definition) is 2. The van der Waals surface area contributed by atoms with E-state index >= 15 is 0 Å². The number of carboxylic acid groups (broad SMARTS) is 1. The second-order valence-corrected chi connectivity index (χ2v) is 3.20. The van der Waals surface area contributed by atoms with Crippen LogP contribution >= 0.6 is 0 Å². The third-order valence-corrected chi connectivity index (χ3v) is 2.21. The molecule has 4 heteroatoms. The minimum absolute atomic E-state index is 0.583. The molecule has 0 spiro atoms. The van der Waals surface area contributed by atoms with Crippen LogP contribution in [0.5, 0.6) is 0 Å². The quantitative estimate of drug-likeness (QED) is 0.610. The van der Waals surface area contributed by atoms with Crippen molar-refractivity contribution in [3.63, 3.8) is 0 Å². The molecule has 0 aromatic rings. The Hall–Kier alpha value is -0.770. The third kappa shape index (κ3) is 2.37. The minimum Gasteiger partial charge on any atom is -0.465 e. The van der Waals surface area contributed by atoms with Crippen molar-refractivity contribution in [3.05, 3.63) is 0 Å². The van der Waals surface area contributed by atoms with Crippen LogP contribution in [0.15, 0.2) is 0 Å². The first kappa shape index (κ1) is 9.32. The van der Waals surface area contributed by atoms with Gasteiger partial charge in [0.2, 0.25) is 0 Å². The van der Waals surface area contributed by atoms with Crippen LogP contribution in [0, 0.1) is 5.92 Å². The lowest BCUT2D eigenvalue weighted by atomic mass is 9.97. The van der Waals surface area contributed by atoms with Gasteiger partial charge in [0, 0.05) is 13.1 Å². The molecule has 70 valence electrons. The fourth-order valence-electron chi connectivity index (χ4n) is 1.39. The third-order valence-electron chi connectivity index (χ3n) is 2.21. The van der Waals surface area contributed by atoms with Crippen molar-refractivity contribution in [2.45, 2.75) is 13.3 Å². The molecule has 0 bridgehead atoms. The van der Waals surface area contributed by atoms with Gasteiger partial charge in [-0.05, 0) is 25.4 Å². The summed E-state index contributed by atoms with van der Waals surface area (Å²) in [5, 5.41) is 11.8. The molecular formula is C8H16N2O2. The van der Waals surface area contributed by atoms with Gasteiger partial charge in [-0.25, -0.2) is 4.79 Å². The fraction of sp³-hybridized carbons (Fsp3) is 0.875. The second-order valence-electron chi connectivity index (χ2n) is 3.20. The lowest BCUT2D eigenvalue weighted by molar-refractivity contribution is 0.0785. The van der Waals surface area contributed by atoms with Crippen LogP contribution in [0.1, 0.15) is 13.3 Å². The molecule has 0 radical (unpaired) electrons. The first-order valence-corrected chi connectivity index (χ1v) is 4.42. The van der Waals surface area contributed by atoms with Crippen LogP contribution in [0.25, 0.3) is 0 Å². The van der Waals surface area contributed by atoms with Crippen molar-refractivity contribution in [2.75, 3.05) is 26.2 Å². The molecule has 1 rings (SSSR count).